The highest BCUT2D eigenvalue weighted by molar-refractivity contribution is 14.1. The fraction of sp³-hybridized carbons (Fsp3) is 0.538. The van der Waals surface area contributed by atoms with Gasteiger partial charge in [-0.05, 0) is 84.0 Å². The van der Waals surface area contributed by atoms with E-state index in [4.69, 9.17) is 0 Å². The van der Waals surface area contributed by atoms with Crippen molar-refractivity contribution in [2.45, 2.75) is 47.5 Å². The van der Waals surface area contributed by atoms with Crippen LogP contribution >= 0.6 is 22.6 Å². The minimum Gasteiger partial charge on any atom is -0.0587 e. The first kappa shape index (κ1) is 12.0. The molecule has 0 fully saturated rings. The molecule has 0 heterocycles. The summed E-state index contributed by atoms with van der Waals surface area (Å²) in [7, 11) is 0. The summed E-state index contributed by atoms with van der Waals surface area (Å²) in [6, 6.07) is 0. The molecule has 0 unspecified atom stereocenters. The fourth-order valence-corrected chi connectivity index (χ4v) is 2.97. The van der Waals surface area contributed by atoms with Gasteiger partial charge in [0.25, 0.3) is 0 Å². The van der Waals surface area contributed by atoms with Crippen molar-refractivity contribution >= 4 is 22.6 Å². The second-order valence-corrected chi connectivity index (χ2v) is 5.46. The lowest BCUT2D eigenvalue weighted by Crippen LogP contribution is -2.04. The molecule has 0 spiro atoms. The molecule has 0 radical (unpaired) electrons. The Bertz CT molecular complexity index is 333. The van der Waals surface area contributed by atoms with E-state index in [0.717, 1.165) is 0 Å². The molecular weight excluding hydrogens is 283 g/mol. The molecular formula is C13H19I. The molecule has 1 aromatic carbocycles. The normalized spacial score (nSPS) is 11.1. The number of rotatable bonds is 1. The van der Waals surface area contributed by atoms with Crippen molar-refractivity contribution in [1.29, 1.82) is 0 Å². The first-order valence-electron chi connectivity index (χ1n) is 5.13. The van der Waals surface area contributed by atoms with E-state index in [1.807, 2.05) is 0 Å². The van der Waals surface area contributed by atoms with Gasteiger partial charge < -0.3 is 0 Å². The zero-order valence-electron chi connectivity index (χ0n) is 9.96. The Hall–Kier alpha value is -0.0500. The van der Waals surface area contributed by atoms with Crippen molar-refractivity contribution in [1.82, 2.24) is 0 Å². The minimum atomic E-state index is 0.629. The van der Waals surface area contributed by atoms with Crippen LogP contribution in [0.15, 0.2) is 0 Å². The van der Waals surface area contributed by atoms with Crippen molar-refractivity contribution < 1.29 is 0 Å². The lowest BCUT2D eigenvalue weighted by Gasteiger charge is -2.20. The van der Waals surface area contributed by atoms with Gasteiger partial charge in [0.05, 0.1) is 0 Å². The van der Waals surface area contributed by atoms with E-state index >= 15 is 0 Å². The van der Waals surface area contributed by atoms with Gasteiger partial charge in [-0.15, -0.1) is 0 Å². The molecule has 0 saturated heterocycles. The molecule has 0 aliphatic rings. The SMILES string of the molecule is Cc1c(C)c(C(C)C)c(C)c(C)c1I. The van der Waals surface area contributed by atoms with E-state index in [0.29, 0.717) is 5.92 Å². The predicted octanol–water partition coefficient (Wildman–Crippen LogP) is 4.65. The largest absolute Gasteiger partial charge is 0.0587 e. The average Bonchev–Trinajstić information content (AvgIpc) is 2.11. The fourth-order valence-electron chi connectivity index (χ4n) is 2.16. The Labute approximate surface area is 101 Å². The van der Waals surface area contributed by atoms with Gasteiger partial charge in [-0.25, -0.2) is 0 Å². The van der Waals surface area contributed by atoms with Crippen LogP contribution in [-0.4, -0.2) is 0 Å². The first-order chi connectivity index (χ1) is 6.37. The quantitative estimate of drug-likeness (QED) is 0.663. The van der Waals surface area contributed by atoms with E-state index in [1.54, 1.807) is 5.56 Å². The number of hydrogen-bond donors (Lipinski definition) is 0. The highest BCUT2D eigenvalue weighted by atomic mass is 127. The zero-order valence-corrected chi connectivity index (χ0v) is 12.1. The zero-order chi connectivity index (χ0) is 11.0. The lowest BCUT2D eigenvalue weighted by atomic mass is 9.88. The van der Waals surface area contributed by atoms with Crippen molar-refractivity contribution in [3.05, 3.63) is 31.4 Å². The molecule has 0 nitrogen and oxygen atoms in total. The van der Waals surface area contributed by atoms with Crippen molar-refractivity contribution in [3.8, 4) is 0 Å². The molecule has 0 aromatic heterocycles. The molecule has 0 saturated carbocycles. The Morgan fingerprint density at radius 3 is 1.43 bits per heavy atom. The Kier molecular flexibility index (Phi) is 3.62. The number of hydrogen-bond acceptors (Lipinski definition) is 0. The number of benzene rings is 1. The maximum Gasteiger partial charge on any atom is 0.0194 e. The van der Waals surface area contributed by atoms with Gasteiger partial charge in [-0.2, -0.15) is 0 Å². The van der Waals surface area contributed by atoms with Gasteiger partial charge in [0.2, 0.25) is 0 Å². The molecule has 0 atom stereocenters. The van der Waals surface area contributed by atoms with Gasteiger partial charge in [0.15, 0.2) is 0 Å². The molecule has 1 aromatic rings. The molecule has 0 N–H and O–H groups in total. The Morgan fingerprint density at radius 1 is 0.786 bits per heavy atom. The van der Waals surface area contributed by atoms with Crippen LogP contribution < -0.4 is 0 Å². The van der Waals surface area contributed by atoms with Gasteiger partial charge in [-0.3, -0.25) is 0 Å². The standard InChI is InChI=1S/C13H19I/c1-7(2)12-8(3)10(5)13(14)11(6)9(12)4/h7H,1-6H3. The number of halogens is 1. The topological polar surface area (TPSA) is 0 Å². The van der Waals surface area contributed by atoms with Crippen molar-refractivity contribution in [3.63, 3.8) is 0 Å². The first-order valence-corrected chi connectivity index (χ1v) is 6.21. The predicted molar refractivity (Wildman–Crippen MR) is 72.2 cm³/mol. The highest BCUT2D eigenvalue weighted by Gasteiger charge is 2.14. The molecule has 0 bridgehead atoms. The van der Waals surface area contributed by atoms with Crippen LogP contribution in [0.3, 0.4) is 0 Å². The molecule has 14 heavy (non-hydrogen) atoms. The smallest absolute Gasteiger partial charge is 0.0194 e. The highest BCUT2D eigenvalue weighted by Crippen LogP contribution is 2.31. The Balaban J connectivity index is 3.60. The monoisotopic (exact) mass is 302 g/mol. The third-order valence-electron chi connectivity index (χ3n) is 3.17. The molecule has 78 valence electrons. The molecule has 0 amide bonds. The minimum absolute atomic E-state index is 0.629. The summed E-state index contributed by atoms with van der Waals surface area (Å²) < 4.78 is 1.43. The second-order valence-electron chi connectivity index (χ2n) is 4.38. The summed E-state index contributed by atoms with van der Waals surface area (Å²) in [5, 5.41) is 0. The third-order valence-corrected chi connectivity index (χ3v) is 4.79. The van der Waals surface area contributed by atoms with Crippen LogP contribution in [0.5, 0.6) is 0 Å². The third kappa shape index (κ3) is 1.83. The van der Waals surface area contributed by atoms with Gasteiger partial charge in [0.1, 0.15) is 0 Å². The average molecular weight is 302 g/mol. The van der Waals surface area contributed by atoms with Crippen LogP contribution in [0.2, 0.25) is 0 Å². The maximum absolute atomic E-state index is 2.46. The summed E-state index contributed by atoms with van der Waals surface area (Å²) in [5.74, 6) is 0.629. The van der Waals surface area contributed by atoms with Gasteiger partial charge >= 0.3 is 0 Å². The van der Waals surface area contributed by atoms with Crippen LogP contribution in [0, 0.1) is 31.3 Å². The van der Waals surface area contributed by atoms with Gasteiger partial charge in [-0.1, -0.05) is 13.8 Å². The van der Waals surface area contributed by atoms with Gasteiger partial charge in [0, 0.05) is 3.57 Å². The summed E-state index contributed by atoms with van der Waals surface area (Å²) in [6.07, 6.45) is 0. The summed E-state index contributed by atoms with van der Waals surface area (Å²) >= 11 is 2.46. The van der Waals surface area contributed by atoms with E-state index in [1.165, 1.54) is 25.8 Å². The van der Waals surface area contributed by atoms with Crippen LogP contribution in [0.25, 0.3) is 0 Å². The maximum atomic E-state index is 2.46. The summed E-state index contributed by atoms with van der Waals surface area (Å²) in [5.41, 5.74) is 7.41. The van der Waals surface area contributed by atoms with E-state index in [9.17, 15) is 0 Å². The van der Waals surface area contributed by atoms with Crippen LogP contribution in [0.4, 0.5) is 0 Å². The van der Waals surface area contributed by atoms with Crippen molar-refractivity contribution in [2.24, 2.45) is 0 Å². The summed E-state index contributed by atoms with van der Waals surface area (Å²) in [6.45, 7) is 13.5. The molecule has 0 aliphatic heterocycles. The molecule has 0 aliphatic carbocycles. The van der Waals surface area contributed by atoms with Crippen molar-refractivity contribution in [2.75, 3.05) is 0 Å². The molecule has 1 heteroatoms. The van der Waals surface area contributed by atoms with E-state index < -0.39 is 0 Å². The summed E-state index contributed by atoms with van der Waals surface area (Å²) in [4.78, 5) is 0. The Morgan fingerprint density at radius 2 is 1.14 bits per heavy atom. The molecule has 1 rings (SSSR count). The van der Waals surface area contributed by atoms with Crippen LogP contribution in [-0.2, 0) is 0 Å². The van der Waals surface area contributed by atoms with E-state index in [2.05, 4.69) is 64.1 Å². The van der Waals surface area contributed by atoms with E-state index in [-0.39, 0.29) is 0 Å². The lowest BCUT2D eigenvalue weighted by molar-refractivity contribution is 0.838. The van der Waals surface area contributed by atoms with Crippen LogP contribution in [0.1, 0.15) is 47.6 Å². The second kappa shape index (κ2) is 4.21.